The van der Waals surface area contributed by atoms with E-state index in [4.69, 9.17) is 9.47 Å². The van der Waals surface area contributed by atoms with Crippen molar-refractivity contribution in [2.75, 3.05) is 7.11 Å². The number of rotatable bonds is 3. The largest absolute Gasteiger partial charge is 0.491 e. The Bertz CT molecular complexity index is 378. The Hall–Kier alpha value is -1.25. The molecule has 0 spiro atoms. The zero-order valence-electron chi connectivity index (χ0n) is 10.4. The molecular weight excluding hydrogens is 202 g/mol. The minimum atomic E-state index is -0.0335. The van der Waals surface area contributed by atoms with Gasteiger partial charge in [-0.2, -0.15) is 0 Å². The number of nitrogens with zero attached hydrogens (tertiary/aromatic N) is 1. The van der Waals surface area contributed by atoms with Crippen LogP contribution in [-0.2, 0) is 5.41 Å². The Morgan fingerprint density at radius 3 is 2.50 bits per heavy atom. The van der Waals surface area contributed by atoms with Gasteiger partial charge in [-0.05, 0) is 12.8 Å². The molecule has 1 saturated carbocycles. The van der Waals surface area contributed by atoms with Crippen molar-refractivity contribution < 1.29 is 9.47 Å². The van der Waals surface area contributed by atoms with Crippen molar-refractivity contribution in [2.45, 2.75) is 45.1 Å². The Balaban J connectivity index is 2.37. The van der Waals surface area contributed by atoms with Crippen molar-refractivity contribution in [3.05, 3.63) is 18.0 Å². The van der Waals surface area contributed by atoms with Crippen molar-refractivity contribution >= 4 is 0 Å². The minimum absolute atomic E-state index is 0.0335. The highest BCUT2D eigenvalue weighted by Crippen LogP contribution is 2.39. The monoisotopic (exact) mass is 221 g/mol. The van der Waals surface area contributed by atoms with Gasteiger partial charge in [-0.1, -0.05) is 20.8 Å². The van der Waals surface area contributed by atoms with E-state index in [0.29, 0.717) is 6.10 Å². The van der Waals surface area contributed by atoms with E-state index in [2.05, 4.69) is 25.8 Å². The normalized spacial score (nSPS) is 16.0. The van der Waals surface area contributed by atoms with E-state index in [0.717, 1.165) is 30.0 Å². The first-order chi connectivity index (χ1) is 7.52. The average molecular weight is 221 g/mol. The number of methoxy groups -OCH3 is 1. The van der Waals surface area contributed by atoms with Crippen LogP contribution in [0.4, 0.5) is 0 Å². The molecule has 1 aromatic rings. The quantitative estimate of drug-likeness (QED) is 0.786. The molecule has 0 aliphatic heterocycles. The van der Waals surface area contributed by atoms with E-state index in [9.17, 15) is 0 Å². The van der Waals surface area contributed by atoms with Crippen molar-refractivity contribution in [3.63, 3.8) is 0 Å². The summed E-state index contributed by atoms with van der Waals surface area (Å²) in [6, 6.07) is 1.88. The van der Waals surface area contributed by atoms with Crippen LogP contribution in [0.3, 0.4) is 0 Å². The van der Waals surface area contributed by atoms with Gasteiger partial charge in [0, 0.05) is 17.7 Å². The van der Waals surface area contributed by atoms with Gasteiger partial charge in [0.2, 0.25) is 0 Å². The molecule has 0 unspecified atom stereocenters. The van der Waals surface area contributed by atoms with Gasteiger partial charge in [0.1, 0.15) is 0 Å². The zero-order valence-corrected chi connectivity index (χ0v) is 10.4. The maximum absolute atomic E-state index is 5.82. The molecule has 0 aromatic carbocycles. The van der Waals surface area contributed by atoms with Gasteiger partial charge in [0.05, 0.1) is 18.9 Å². The van der Waals surface area contributed by atoms with Gasteiger partial charge in [-0.25, -0.2) is 0 Å². The minimum Gasteiger partial charge on any atom is -0.491 e. The Morgan fingerprint density at radius 1 is 1.31 bits per heavy atom. The first kappa shape index (κ1) is 11.2. The van der Waals surface area contributed by atoms with E-state index < -0.39 is 0 Å². The first-order valence-corrected chi connectivity index (χ1v) is 5.72. The van der Waals surface area contributed by atoms with Crippen molar-refractivity contribution in [3.8, 4) is 11.5 Å². The van der Waals surface area contributed by atoms with Crippen molar-refractivity contribution in [2.24, 2.45) is 0 Å². The van der Waals surface area contributed by atoms with Crippen LogP contribution < -0.4 is 9.47 Å². The highest BCUT2D eigenvalue weighted by molar-refractivity contribution is 5.45. The molecule has 16 heavy (non-hydrogen) atoms. The summed E-state index contributed by atoms with van der Waals surface area (Å²) < 4.78 is 11.3. The Labute approximate surface area is 96.8 Å². The molecule has 1 aromatic heterocycles. The summed E-state index contributed by atoms with van der Waals surface area (Å²) in [7, 11) is 1.67. The summed E-state index contributed by atoms with van der Waals surface area (Å²) in [4.78, 5) is 4.40. The third-order valence-electron chi connectivity index (χ3n) is 2.60. The Kier molecular flexibility index (Phi) is 2.78. The molecule has 0 amide bonds. The molecule has 0 atom stereocenters. The predicted molar refractivity (Wildman–Crippen MR) is 63.1 cm³/mol. The SMILES string of the molecule is COc1c(OC2CC2)ccnc1C(C)(C)C. The molecule has 2 rings (SSSR count). The van der Waals surface area contributed by atoms with Crippen LogP contribution >= 0.6 is 0 Å². The van der Waals surface area contributed by atoms with Gasteiger partial charge in [-0.3, -0.25) is 4.98 Å². The van der Waals surface area contributed by atoms with E-state index in [-0.39, 0.29) is 5.41 Å². The summed E-state index contributed by atoms with van der Waals surface area (Å²) in [5.74, 6) is 1.60. The number of ether oxygens (including phenoxy) is 2. The van der Waals surface area contributed by atoms with Crippen LogP contribution in [0, 0.1) is 0 Å². The number of hydrogen-bond donors (Lipinski definition) is 0. The molecule has 1 fully saturated rings. The second kappa shape index (κ2) is 3.96. The lowest BCUT2D eigenvalue weighted by atomic mass is 9.91. The summed E-state index contributed by atoms with van der Waals surface area (Å²) >= 11 is 0. The number of aromatic nitrogens is 1. The van der Waals surface area contributed by atoms with Crippen LogP contribution in [-0.4, -0.2) is 18.2 Å². The predicted octanol–water partition coefficient (Wildman–Crippen LogP) is 2.93. The van der Waals surface area contributed by atoms with Gasteiger partial charge in [-0.15, -0.1) is 0 Å². The highest BCUT2D eigenvalue weighted by atomic mass is 16.5. The van der Waals surface area contributed by atoms with E-state index in [1.54, 1.807) is 13.3 Å². The number of hydrogen-bond acceptors (Lipinski definition) is 3. The Morgan fingerprint density at radius 2 is 2.00 bits per heavy atom. The van der Waals surface area contributed by atoms with Gasteiger partial charge in [0.25, 0.3) is 0 Å². The fraction of sp³-hybridized carbons (Fsp3) is 0.615. The second-order valence-corrected chi connectivity index (χ2v) is 5.26. The molecule has 3 nitrogen and oxygen atoms in total. The molecule has 3 heteroatoms. The van der Waals surface area contributed by atoms with Crippen molar-refractivity contribution in [1.29, 1.82) is 0 Å². The van der Waals surface area contributed by atoms with Crippen molar-refractivity contribution in [1.82, 2.24) is 4.98 Å². The summed E-state index contributed by atoms with van der Waals surface area (Å²) in [6.07, 6.45) is 4.47. The topological polar surface area (TPSA) is 31.4 Å². The molecule has 0 radical (unpaired) electrons. The maximum Gasteiger partial charge on any atom is 0.182 e. The van der Waals surface area contributed by atoms with E-state index in [1.807, 2.05) is 6.07 Å². The molecule has 88 valence electrons. The smallest absolute Gasteiger partial charge is 0.182 e. The first-order valence-electron chi connectivity index (χ1n) is 5.72. The van der Waals surface area contributed by atoms with Crippen LogP contribution in [0.5, 0.6) is 11.5 Å². The second-order valence-electron chi connectivity index (χ2n) is 5.26. The van der Waals surface area contributed by atoms with Gasteiger partial charge >= 0.3 is 0 Å². The lowest BCUT2D eigenvalue weighted by Crippen LogP contribution is -2.16. The molecule has 0 bridgehead atoms. The third-order valence-corrected chi connectivity index (χ3v) is 2.60. The summed E-state index contributed by atoms with van der Waals surface area (Å²) in [5, 5.41) is 0. The fourth-order valence-corrected chi connectivity index (χ4v) is 1.62. The van der Waals surface area contributed by atoms with Crippen LogP contribution in [0.1, 0.15) is 39.3 Å². The van der Waals surface area contributed by atoms with Crippen LogP contribution in [0.2, 0.25) is 0 Å². The van der Waals surface area contributed by atoms with Gasteiger partial charge in [0.15, 0.2) is 11.5 Å². The molecule has 1 heterocycles. The summed E-state index contributed by atoms with van der Waals surface area (Å²) in [6.45, 7) is 6.37. The van der Waals surface area contributed by atoms with Crippen LogP contribution in [0.15, 0.2) is 12.3 Å². The maximum atomic E-state index is 5.82. The highest BCUT2D eigenvalue weighted by Gasteiger charge is 2.28. The fourth-order valence-electron chi connectivity index (χ4n) is 1.62. The van der Waals surface area contributed by atoms with E-state index in [1.165, 1.54) is 0 Å². The molecule has 0 saturated heterocycles. The molecular formula is C13H19NO2. The molecule has 1 aliphatic carbocycles. The summed E-state index contributed by atoms with van der Waals surface area (Å²) in [5.41, 5.74) is 0.919. The molecule has 0 N–H and O–H groups in total. The lowest BCUT2D eigenvalue weighted by molar-refractivity contribution is 0.277. The van der Waals surface area contributed by atoms with Gasteiger partial charge < -0.3 is 9.47 Å². The average Bonchev–Trinajstić information content (AvgIpc) is 3.00. The molecule has 1 aliphatic rings. The van der Waals surface area contributed by atoms with E-state index >= 15 is 0 Å². The standard InChI is InChI=1S/C13H19NO2/c1-13(2,3)12-11(15-4)10(7-8-14-12)16-9-5-6-9/h7-9H,5-6H2,1-4H3. The number of pyridine rings is 1. The third kappa shape index (κ3) is 2.29. The van der Waals surface area contributed by atoms with Crippen LogP contribution in [0.25, 0.3) is 0 Å². The zero-order chi connectivity index (χ0) is 11.8. The lowest BCUT2D eigenvalue weighted by Gasteiger charge is -2.22.